The third-order valence-corrected chi connectivity index (χ3v) is 8.23. The van der Waals surface area contributed by atoms with Crippen LogP contribution in [0.4, 0.5) is 0 Å². The molecule has 6 heteroatoms. The minimum Gasteiger partial charge on any atom is -0.508 e. The van der Waals surface area contributed by atoms with E-state index in [0.29, 0.717) is 5.56 Å². The third kappa shape index (κ3) is 6.91. The quantitative estimate of drug-likeness (QED) is 0.116. The standard InChI is InChI=1S/C37H40N4O2/c1-2-3-4-5-6-7-8-9-10-11-32-33-16-12-26(38-33)22-28-14-18-35(40-28)37(25-20-30(42)24-31(43)21-25)36-19-15-29(41-36)23-27-13-17-34(32)39-27/h12-24,40-43H,2-11H2,1H3. The summed E-state index contributed by atoms with van der Waals surface area (Å²) in [7, 11) is 0. The predicted octanol–water partition coefficient (Wildman–Crippen LogP) is 9.81. The Bertz CT molecular complexity index is 1710. The molecule has 2 aliphatic rings. The van der Waals surface area contributed by atoms with Gasteiger partial charge in [-0.25, -0.2) is 9.97 Å². The fourth-order valence-electron chi connectivity index (χ4n) is 6.05. The number of H-pyrrole nitrogens is 2. The van der Waals surface area contributed by atoms with Crippen molar-refractivity contribution < 1.29 is 10.2 Å². The van der Waals surface area contributed by atoms with Crippen LogP contribution in [0.3, 0.4) is 0 Å². The fraction of sp³-hybridized carbons (Fsp3) is 0.297. The van der Waals surface area contributed by atoms with Crippen LogP contribution in [0.25, 0.3) is 57.5 Å². The van der Waals surface area contributed by atoms with Gasteiger partial charge in [-0.2, -0.15) is 0 Å². The lowest BCUT2D eigenvalue weighted by atomic mass is 10.0. The average molecular weight is 573 g/mol. The summed E-state index contributed by atoms with van der Waals surface area (Å²) >= 11 is 0. The zero-order valence-corrected chi connectivity index (χ0v) is 24.9. The number of hydrogen-bond donors (Lipinski definition) is 4. The van der Waals surface area contributed by atoms with Gasteiger partial charge in [-0.05, 0) is 91.2 Å². The molecule has 43 heavy (non-hydrogen) atoms. The number of hydrogen-bond acceptors (Lipinski definition) is 4. The van der Waals surface area contributed by atoms with Crippen molar-refractivity contribution in [1.29, 1.82) is 0 Å². The molecule has 0 amide bonds. The fourth-order valence-corrected chi connectivity index (χ4v) is 6.05. The maximum Gasteiger partial charge on any atom is 0.119 e. The van der Waals surface area contributed by atoms with Gasteiger partial charge in [-0.15, -0.1) is 0 Å². The molecule has 2 aliphatic heterocycles. The molecule has 5 heterocycles. The highest BCUT2D eigenvalue weighted by atomic mass is 16.3. The van der Waals surface area contributed by atoms with Gasteiger partial charge in [0.15, 0.2) is 0 Å². The number of fused-ring (bicyclic) bond motifs is 8. The topological polar surface area (TPSA) is 97.8 Å². The maximum atomic E-state index is 10.2. The van der Waals surface area contributed by atoms with Crippen molar-refractivity contribution in [2.24, 2.45) is 0 Å². The summed E-state index contributed by atoms with van der Waals surface area (Å²) < 4.78 is 0. The zero-order valence-electron chi connectivity index (χ0n) is 24.9. The van der Waals surface area contributed by atoms with E-state index in [-0.39, 0.29) is 11.5 Å². The van der Waals surface area contributed by atoms with E-state index in [0.717, 1.165) is 63.2 Å². The number of rotatable bonds is 11. The predicted molar refractivity (Wildman–Crippen MR) is 179 cm³/mol. The highest BCUT2D eigenvalue weighted by molar-refractivity contribution is 5.94. The van der Waals surface area contributed by atoms with Gasteiger partial charge in [0, 0.05) is 39.3 Å². The molecule has 0 saturated carbocycles. The number of nitrogens with one attached hydrogen (secondary N) is 2. The first-order chi connectivity index (χ1) is 21.1. The summed E-state index contributed by atoms with van der Waals surface area (Å²) in [6.45, 7) is 2.27. The lowest BCUT2D eigenvalue weighted by Crippen LogP contribution is -1.95. The summed E-state index contributed by atoms with van der Waals surface area (Å²) in [5, 5.41) is 20.5. The SMILES string of the molecule is CCCCCCCCCCCc1c2nc(cc3ccc([nH]3)c(-c3cc(O)cc(O)c3)c3ccc(cc4nc1C=C4)[nH]3)C=C2. The van der Waals surface area contributed by atoms with Crippen molar-refractivity contribution in [2.75, 3.05) is 0 Å². The molecule has 6 nitrogen and oxygen atoms in total. The van der Waals surface area contributed by atoms with Crippen LogP contribution in [-0.4, -0.2) is 30.1 Å². The normalized spacial score (nSPS) is 12.3. The van der Waals surface area contributed by atoms with Gasteiger partial charge >= 0.3 is 0 Å². The first-order valence-electron chi connectivity index (χ1n) is 15.7. The Morgan fingerprint density at radius 3 is 1.63 bits per heavy atom. The van der Waals surface area contributed by atoms with Crippen LogP contribution in [0.5, 0.6) is 11.5 Å². The molecule has 0 fully saturated rings. The van der Waals surface area contributed by atoms with Crippen LogP contribution in [0.1, 0.15) is 93.1 Å². The Morgan fingerprint density at radius 2 is 1.09 bits per heavy atom. The van der Waals surface area contributed by atoms with E-state index in [4.69, 9.17) is 9.97 Å². The number of benzene rings is 1. The molecule has 0 aliphatic carbocycles. The molecule has 0 radical (unpaired) electrons. The number of aromatic hydroxyl groups is 2. The van der Waals surface area contributed by atoms with Crippen LogP contribution < -0.4 is 0 Å². The van der Waals surface area contributed by atoms with Gasteiger partial charge in [-0.3, -0.25) is 0 Å². The second-order valence-electron chi connectivity index (χ2n) is 11.6. The highest BCUT2D eigenvalue weighted by Crippen LogP contribution is 2.34. The van der Waals surface area contributed by atoms with E-state index >= 15 is 0 Å². The number of phenolic OH excluding ortho intramolecular Hbond substituents is 2. The van der Waals surface area contributed by atoms with Gasteiger partial charge in [-0.1, -0.05) is 58.3 Å². The Kier molecular flexibility index (Phi) is 8.73. The second kappa shape index (κ2) is 13.2. The molecule has 3 aromatic heterocycles. The minimum absolute atomic E-state index is 0.00261. The molecule has 4 aromatic rings. The molecule has 0 atom stereocenters. The van der Waals surface area contributed by atoms with Crippen LogP contribution in [0, 0.1) is 0 Å². The molecule has 8 bridgehead atoms. The summed E-state index contributed by atoms with van der Waals surface area (Å²) in [5.74, 6) is 0.00522. The van der Waals surface area contributed by atoms with E-state index in [1.54, 1.807) is 12.1 Å². The van der Waals surface area contributed by atoms with Crippen LogP contribution >= 0.6 is 0 Å². The van der Waals surface area contributed by atoms with Crippen molar-refractivity contribution in [3.05, 3.63) is 82.9 Å². The third-order valence-electron chi connectivity index (χ3n) is 8.23. The summed E-state index contributed by atoms with van der Waals surface area (Å²) in [6, 6.07) is 16.8. The van der Waals surface area contributed by atoms with Crippen LogP contribution in [0.15, 0.2) is 54.6 Å². The number of phenols is 2. The van der Waals surface area contributed by atoms with E-state index in [1.165, 1.54) is 63.0 Å². The first-order valence-corrected chi connectivity index (χ1v) is 15.7. The van der Waals surface area contributed by atoms with E-state index < -0.39 is 0 Å². The number of nitrogens with zero attached hydrogens (tertiary/aromatic N) is 2. The number of aromatic amines is 2. The molecular formula is C37H40N4O2. The minimum atomic E-state index is 0.00261. The van der Waals surface area contributed by atoms with Gasteiger partial charge in [0.2, 0.25) is 0 Å². The largest absolute Gasteiger partial charge is 0.508 e. The maximum absolute atomic E-state index is 10.2. The smallest absolute Gasteiger partial charge is 0.119 e. The molecule has 220 valence electrons. The Balaban J connectivity index is 1.39. The van der Waals surface area contributed by atoms with E-state index in [2.05, 4.69) is 41.2 Å². The van der Waals surface area contributed by atoms with Crippen molar-refractivity contribution in [1.82, 2.24) is 19.9 Å². The lowest BCUT2D eigenvalue weighted by molar-refractivity contribution is 0.451. The number of unbranched alkanes of at least 4 members (excludes halogenated alkanes) is 8. The molecule has 1 aromatic carbocycles. The van der Waals surface area contributed by atoms with Crippen LogP contribution in [-0.2, 0) is 6.42 Å². The van der Waals surface area contributed by atoms with Crippen molar-refractivity contribution >= 4 is 46.4 Å². The molecule has 0 spiro atoms. The molecule has 0 unspecified atom stereocenters. The monoisotopic (exact) mass is 572 g/mol. The summed E-state index contributed by atoms with van der Waals surface area (Å²) in [6.07, 6.45) is 21.0. The average Bonchev–Trinajstić information content (AvgIpc) is 3.80. The first kappa shape index (κ1) is 28.5. The number of aromatic nitrogens is 4. The molecule has 4 N–H and O–H groups in total. The van der Waals surface area contributed by atoms with Gasteiger partial charge in [0.25, 0.3) is 0 Å². The van der Waals surface area contributed by atoms with Gasteiger partial charge in [0.05, 0.1) is 22.8 Å². The van der Waals surface area contributed by atoms with Gasteiger partial charge in [0.1, 0.15) is 11.5 Å². The summed E-state index contributed by atoms with van der Waals surface area (Å²) in [5.41, 5.74) is 10.0. The van der Waals surface area contributed by atoms with Crippen molar-refractivity contribution in [3.63, 3.8) is 0 Å². The van der Waals surface area contributed by atoms with Gasteiger partial charge < -0.3 is 20.2 Å². The lowest BCUT2D eigenvalue weighted by Gasteiger charge is -2.05. The second-order valence-corrected chi connectivity index (χ2v) is 11.6. The summed E-state index contributed by atoms with van der Waals surface area (Å²) in [4.78, 5) is 17.1. The molecular weight excluding hydrogens is 532 g/mol. The Labute approximate surface area is 252 Å². The Hall–Kier alpha value is -4.58. The molecule has 0 saturated heterocycles. The zero-order chi connectivity index (χ0) is 29.6. The van der Waals surface area contributed by atoms with Crippen molar-refractivity contribution in [3.8, 4) is 22.6 Å². The van der Waals surface area contributed by atoms with Crippen LogP contribution in [0.2, 0.25) is 0 Å². The van der Waals surface area contributed by atoms with Crippen molar-refractivity contribution in [2.45, 2.75) is 71.1 Å². The highest BCUT2D eigenvalue weighted by Gasteiger charge is 2.13. The Morgan fingerprint density at radius 1 is 0.581 bits per heavy atom. The molecule has 6 rings (SSSR count). The van der Waals surface area contributed by atoms with E-state index in [1.807, 2.05) is 36.4 Å². The van der Waals surface area contributed by atoms with E-state index in [9.17, 15) is 10.2 Å².